The van der Waals surface area contributed by atoms with Gasteiger partial charge >= 0.3 is 0 Å². The average Bonchev–Trinajstić information content (AvgIpc) is 2.83. The van der Waals surface area contributed by atoms with Gasteiger partial charge in [-0.15, -0.1) is 0 Å². The van der Waals surface area contributed by atoms with Crippen LogP contribution in [0.25, 0.3) is 0 Å². The molecular weight excluding hydrogens is 236 g/mol. The molecule has 110 valence electrons. The van der Waals surface area contributed by atoms with E-state index in [9.17, 15) is 4.79 Å². The molecule has 3 nitrogen and oxygen atoms in total. The number of carbonyl (C=O) groups is 1. The lowest BCUT2D eigenvalue weighted by Gasteiger charge is -2.39. The number of rotatable bonds is 5. The summed E-state index contributed by atoms with van der Waals surface area (Å²) in [6.45, 7) is 7.27. The Kier molecular flexibility index (Phi) is 5.26. The third kappa shape index (κ3) is 4.20. The van der Waals surface area contributed by atoms with Gasteiger partial charge in [-0.2, -0.15) is 0 Å². The second-order valence-electron chi connectivity index (χ2n) is 6.80. The first-order valence-corrected chi connectivity index (χ1v) is 8.12. The van der Waals surface area contributed by atoms with Gasteiger partial charge in [0.2, 0.25) is 5.91 Å². The Morgan fingerprint density at radius 2 is 1.79 bits per heavy atom. The fourth-order valence-corrected chi connectivity index (χ4v) is 3.64. The average molecular weight is 266 g/mol. The summed E-state index contributed by atoms with van der Waals surface area (Å²) in [5, 5.41) is 3.37. The maximum absolute atomic E-state index is 12.1. The molecule has 2 rings (SSSR count). The molecule has 1 aliphatic heterocycles. The molecule has 2 fully saturated rings. The van der Waals surface area contributed by atoms with E-state index in [4.69, 9.17) is 0 Å². The Balaban J connectivity index is 1.65. The van der Waals surface area contributed by atoms with Gasteiger partial charge in [0.25, 0.3) is 0 Å². The number of amides is 1. The highest BCUT2D eigenvalue weighted by atomic mass is 16.2. The molecule has 1 amide bonds. The van der Waals surface area contributed by atoms with Crippen LogP contribution in [0.5, 0.6) is 0 Å². The molecule has 0 aromatic carbocycles. The highest BCUT2D eigenvalue weighted by Gasteiger charge is 2.37. The Morgan fingerprint density at radius 1 is 1.16 bits per heavy atom. The molecule has 19 heavy (non-hydrogen) atoms. The minimum atomic E-state index is 0.374. The van der Waals surface area contributed by atoms with Crippen LogP contribution in [0.15, 0.2) is 0 Å². The molecule has 1 heterocycles. The largest absolute Gasteiger partial charge is 0.343 e. The summed E-state index contributed by atoms with van der Waals surface area (Å²) in [7, 11) is 0. The lowest BCUT2D eigenvalue weighted by Crippen LogP contribution is -2.42. The Bertz CT molecular complexity index is 285. The van der Waals surface area contributed by atoms with Crippen molar-refractivity contribution in [3.63, 3.8) is 0 Å². The van der Waals surface area contributed by atoms with Gasteiger partial charge in [0, 0.05) is 25.6 Å². The Morgan fingerprint density at radius 3 is 2.37 bits per heavy atom. The van der Waals surface area contributed by atoms with Crippen molar-refractivity contribution in [1.82, 2.24) is 10.2 Å². The van der Waals surface area contributed by atoms with Crippen molar-refractivity contribution in [1.29, 1.82) is 0 Å². The maximum atomic E-state index is 12.1. The number of nitrogens with zero attached hydrogens (tertiary/aromatic N) is 1. The molecule has 0 aromatic heterocycles. The van der Waals surface area contributed by atoms with E-state index in [0.717, 1.165) is 26.1 Å². The lowest BCUT2D eigenvalue weighted by atomic mass is 9.77. The summed E-state index contributed by atoms with van der Waals surface area (Å²) in [6.07, 6.45) is 9.83. The molecule has 1 saturated carbocycles. The Labute approximate surface area is 118 Å². The monoisotopic (exact) mass is 266 g/mol. The standard InChI is InChI=1S/C16H30N2O/c1-14(2)17-11-5-6-15(19)18-12-9-16(10-13-18)7-3-4-8-16/h14,17H,3-13H2,1-2H3. The molecule has 1 spiro atoms. The molecule has 0 radical (unpaired) electrons. The summed E-state index contributed by atoms with van der Waals surface area (Å²) in [5.74, 6) is 0.374. The van der Waals surface area contributed by atoms with Crippen molar-refractivity contribution < 1.29 is 4.79 Å². The van der Waals surface area contributed by atoms with Crippen LogP contribution in [-0.4, -0.2) is 36.5 Å². The number of carbonyl (C=O) groups excluding carboxylic acids is 1. The van der Waals surface area contributed by atoms with E-state index < -0.39 is 0 Å². The highest BCUT2D eigenvalue weighted by Crippen LogP contribution is 2.46. The van der Waals surface area contributed by atoms with Crippen molar-refractivity contribution in [3.05, 3.63) is 0 Å². The van der Waals surface area contributed by atoms with E-state index in [1.54, 1.807) is 0 Å². The quantitative estimate of drug-likeness (QED) is 0.776. The summed E-state index contributed by atoms with van der Waals surface area (Å²) in [4.78, 5) is 14.3. The Hall–Kier alpha value is -0.570. The first-order valence-electron chi connectivity index (χ1n) is 8.12. The zero-order chi connectivity index (χ0) is 13.7. The predicted octanol–water partition coefficient (Wildman–Crippen LogP) is 2.95. The van der Waals surface area contributed by atoms with E-state index in [1.165, 1.54) is 38.5 Å². The molecule has 2 aliphatic rings. The zero-order valence-electron chi connectivity index (χ0n) is 12.7. The van der Waals surface area contributed by atoms with Gasteiger partial charge in [-0.3, -0.25) is 4.79 Å². The van der Waals surface area contributed by atoms with E-state index in [2.05, 4.69) is 24.1 Å². The smallest absolute Gasteiger partial charge is 0.222 e. The molecule has 0 atom stereocenters. The SMILES string of the molecule is CC(C)NCCCC(=O)N1CCC2(CCCC2)CC1. The molecule has 0 unspecified atom stereocenters. The van der Waals surface area contributed by atoms with Crippen LogP contribution in [0.1, 0.15) is 65.2 Å². The first kappa shape index (κ1) is 14.8. The van der Waals surface area contributed by atoms with Crippen molar-refractivity contribution in [2.45, 2.75) is 71.3 Å². The van der Waals surface area contributed by atoms with E-state index in [1.807, 2.05) is 0 Å². The van der Waals surface area contributed by atoms with Crippen LogP contribution in [-0.2, 0) is 4.79 Å². The number of nitrogens with one attached hydrogen (secondary N) is 1. The summed E-state index contributed by atoms with van der Waals surface area (Å²) >= 11 is 0. The molecular formula is C16H30N2O. The molecule has 1 saturated heterocycles. The van der Waals surface area contributed by atoms with Gasteiger partial charge in [-0.25, -0.2) is 0 Å². The highest BCUT2D eigenvalue weighted by molar-refractivity contribution is 5.76. The topological polar surface area (TPSA) is 32.3 Å². The van der Waals surface area contributed by atoms with Gasteiger partial charge in [0.1, 0.15) is 0 Å². The van der Waals surface area contributed by atoms with Crippen LogP contribution in [0, 0.1) is 5.41 Å². The van der Waals surface area contributed by atoms with Crippen molar-refractivity contribution in [2.24, 2.45) is 5.41 Å². The van der Waals surface area contributed by atoms with Crippen LogP contribution in [0.2, 0.25) is 0 Å². The van der Waals surface area contributed by atoms with E-state index in [0.29, 0.717) is 23.8 Å². The molecule has 0 bridgehead atoms. The van der Waals surface area contributed by atoms with Gasteiger partial charge in [0.15, 0.2) is 0 Å². The number of hydrogen-bond donors (Lipinski definition) is 1. The van der Waals surface area contributed by atoms with Gasteiger partial charge < -0.3 is 10.2 Å². The predicted molar refractivity (Wildman–Crippen MR) is 79.1 cm³/mol. The lowest BCUT2D eigenvalue weighted by molar-refractivity contribution is -0.133. The van der Waals surface area contributed by atoms with Crippen molar-refractivity contribution >= 4 is 5.91 Å². The molecule has 1 aliphatic carbocycles. The van der Waals surface area contributed by atoms with Gasteiger partial charge in [0.05, 0.1) is 0 Å². The van der Waals surface area contributed by atoms with Crippen LogP contribution in [0.4, 0.5) is 0 Å². The van der Waals surface area contributed by atoms with Crippen molar-refractivity contribution in [3.8, 4) is 0 Å². The van der Waals surface area contributed by atoms with Gasteiger partial charge in [-0.1, -0.05) is 26.7 Å². The second-order valence-corrected chi connectivity index (χ2v) is 6.80. The molecule has 1 N–H and O–H groups in total. The van der Waals surface area contributed by atoms with Crippen LogP contribution >= 0.6 is 0 Å². The second kappa shape index (κ2) is 6.74. The van der Waals surface area contributed by atoms with Crippen LogP contribution < -0.4 is 5.32 Å². The minimum Gasteiger partial charge on any atom is -0.343 e. The fourth-order valence-electron chi connectivity index (χ4n) is 3.64. The van der Waals surface area contributed by atoms with E-state index in [-0.39, 0.29) is 0 Å². The third-order valence-corrected chi connectivity index (χ3v) is 4.96. The molecule has 3 heteroatoms. The summed E-state index contributed by atoms with van der Waals surface area (Å²) in [6, 6.07) is 0.521. The number of likely N-dealkylation sites (tertiary alicyclic amines) is 1. The normalized spacial score (nSPS) is 22.4. The summed E-state index contributed by atoms with van der Waals surface area (Å²) in [5.41, 5.74) is 0.621. The first-order chi connectivity index (χ1) is 9.11. The minimum absolute atomic E-state index is 0.374. The van der Waals surface area contributed by atoms with Gasteiger partial charge in [-0.05, 0) is 44.1 Å². The maximum Gasteiger partial charge on any atom is 0.222 e. The molecule has 0 aromatic rings. The van der Waals surface area contributed by atoms with Crippen LogP contribution in [0.3, 0.4) is 0 Å². The number of hydrogen-bond acceptors (Lipinski definition) is 2. The van der Waals surface area contributed by atoms with Crippen molar-refractivity contribution in [2.75, 3.05) is 19.6 Å². The third-order valence-electron chi connectivity index (χ3n) is 4.96. The zero-order valence-corrected chi connectivity index (χ0v) is 12.7. The fraction of sp³-hybridized carbons (Fsp3) is 0.938. The number of piperidine rings is 1. The summed E-state index contributed by atoms with van der Waals surface area (Å²) < 4.78 is 0. The van der Waals surface area contributed by atoms with E-state index >= 15 is 0 Å².